The summed E-state index contributed by atoms with van der Waals surface area (Å²) in [5.41, 5.74) is 13.1. The first-order valence-electron chi connectivity index (χ1n) is 18.6. The molecule has 0 saturated carbocycles. The van der Waals surface area contributed by atoms with E-state index < -0.39 is 0 Å². The largest absolute Gasteiger partial charge is 0.456 e. The van der Waals surface area contributed by atoms with Crippen LogP contribution in [0.3, 0.4) is 0 Å². The third-order valence-corrected chi connectivity index (χ3v) is 11.8. The number of allylic oxidation sites excluding steroid dienone is 6. The van der Waals surface area contributed by atoms with E-state index in [1.807, 2.05) is 0 Å². The van der Waals surface area contributed by atoms with Crippen LogP contribution >= 0.6 is 0 Å². The summed E-state index contributed by atoms with van der Waals surface area (Å²) in [6, 6.07) is 51.7. The van der Waals surface area contributed by atoms with E-state index in [1.54, 1.807) is 0 Å². The van der Waals surface area contributed by atoms with Crippen LogP contribution in [0.5, 0.6) is 0 Å². The normalized spacial score (nSPS) is 21.0. The van der Waals surface area contributed by atoms with Crippen LogP contribution in [0.15, 0.2) is 174 Å². The molecule has 0 fully saturated rings. The molecule has 0 saturated heterocycles. The monoisotopic (exact) mass is 656 g/mol. The number of benzene rings is 6. The molecule has 0 amide bonds. The van der Waals surface area contributed by atoms with Gasteiger partial charge in [-0.2, -0.15) is 0 Å². The molecule has 6 aromatic carbocycles. The minimum absolute atomic E-state index is 0.327. The Balaban J connectivity index is 1.05. The summed E-state index contributed by atoms with van der Waals surface area (Å²) in [7, 11) is 0. The minimum atomic E-state index is 0.327. The predicted molar refractivity (Wildman–Crippen MR) is 213 cm³/mol. The van der Waals surface area contributed by atoms with Crippen LogP contribution in [0.25, 0.3) is 49.8 Å². The molecular formula is C50H40O. The Labute approximate surface area is 300 Å². The molecule has 0 radical (unpaired) electrons. The van der Waals surface area contributed by atoms with Crippen molar-refractivity contribution in [1.29, 1.82) is 0 Å². The number of hydrogen-bond acceptors (Lipinski definition) is 1. The van der Waals surface area contributed by atoms with Crippen LogP contribution in [0, 0.1) is 5.92 Å². The quantitative estimate of drug-likeness (QED) is 0.180. The zero-order valence-electron chi connectivity index (χ0n) is 28.7. The van der Waals surface area contributed by atoms with E-state index in [0.717, 1.165) is 37.0 Å². The van der Waals surface area contributed by atoms with Crippen LogP contribution in [0.4, 0.5) is 0 Å². The van der Waals surface area contributed by atoms with E-state index in [4.69, 9.17) is 4.42 Å². The SMILES string of the molecule is C1=CCC(C2Cc3c(oc4ccc(C5=CC(c6ccc7cc(-c8ccccc8)ccc7c6)CC(c6ccccc6)C5)cc34)-c3ccccc32)C=C1. The molecule has 7 aromatic rings. The van der Waals surface area contributed by atoms with Gasteiger partial charge in [-0.1, -0.05) is 152 Å². The van der Waals surface area contributed by atoms with Crippen molar-refractivity contribution in [3.63, 3.8) is 0 Å². The van der Waals surface area contributed by atoms with Gasteiger partial charge in [-0.3, -0.25) is 0 Å². The number of hydrogen-bond donors (Lipinski definition) is 0. The fraction of sp³-hybridized carbons (Fsp3) is 0.160. The van der Waals surface area contributed by atoms with Crippen molar-refractivity contribution >= 4 is 27.3 Å². The number of fused-ring (bicyclic) bond motifs is 6. The highest BCUT2D eigenvalue weighted by Gasteiger charge is 2.33. The van der Waals surface area contributed by atoms with E-state index in [1.165, 1.54) is 66.2 Å². The highest BCUT2D eigenvalue weighted by atomic mass is 16.3. The Hall–Kier alpha value is -5.66. The number of furan rings is 1. The Bertz CT molecular complexity index is 2490. The zero-order chi connectivity index (χ0) is 33.7. The standard InChI is InChI=1S/C50H40O/c1-4-12-33(13-5-1)36-20-21-38-27-39(23-22-37(38)26-36)42-28-41(34-14-6-2-7-15-34)29-43(30-42)40-24-25-49-47(31-40)48-32-46(35-16-8-3-9-17-35)44-18-10-11-19-45(44)50(48)51-49/h1-16,18-27,30-31,35,41-42,46H,17,28-29,32H2. The van der Waals surface area contributed by atoms with Gasteiger partial charge in [0.1, 0.15) is 11.3 Å². The van der Waals surface area contributed by atoms with Gasteiger partial charge in [0, 0.05) is 22.4 Å². The maximum Gasteiger partial charge on any atom is 0.138 e. The molecule has 51 heavy (non-hydrogen) atoms. The molecule has 10 rings (SSSR count). The maximum absolute atomic E-state index is 6.70. The summed E-state index contributed by atoms with van der Waals surface area (Å²) in [4.78, 5) is 0. The Morgan fingerprint density at radius 3 is 2.24 bits per heavy atom. The molecule has 1 nitrogen and oxygen atoms in total. The molecule has 1 heteroatoms. The third-order valence-electron chi connectivity index (χ3n) is 11.8. The van der Waals surface area contributed by atoms with Crippen molar-refractivity contribution in [2.45, 2.75) is 43.4 Å². The van der Waals surface area contributed by atoms with Gasteiger partial charge in [0.2, 0.25) is 0 Å². The lowest BCUT2D eigenvalue weighted by atomic mass is 9.72. The second-order valence-corrected chi connectivity index (χ2v) is 14.8. The van der Waals surface area contributed by atoms with Gasteiger partial charge in [0.15, 0.2) is 0 Å². The maximum atomic E-state index is 6.70. The summed E-state index contributed by atoms with van der Waals surface area (Å²) in [6.07, 6.45) is 15.9. The average molecular weight is 657 g/mol. The second kappa shape index (κ2) is 12.6. The predicted octanol–water partition coefficient (Wildman–Crippen LogP) is 13.4. The fourth-order valence-electron chi connectivity index (χ4n) is 9.17. The molecular weight excluding hydrogens is 617 g/mol. The van der Waals surface area contributed by atoms with Gasteiger partial charge < -0.3 is 4.42 Å². The van der Waals surface area contributed by atoms with Gasteiger partial charge in [-0.05, 0) is 111 Å². The van der Waals surface area contributed by atoms with Crippen LogP contribution in [-0.2, 0) is 6.42 Å². The van der Waals surface area contributed by atoms with Crippen molar-refractivity contribution in [1.82, 2.24) is 0 Å². The van der Waals surface area contributed by atoms with E-state index in [0.29, 0.717) is 23.7 Å². The lowest BCUT2D eigenvalue weighted by molar-refractivity contribution is 0.494. The van der Waals surface area contributed by atoms with Crippen LogP contribution in [0.2, 0.25) is 0 Å². The molecule has 1 aromatic heterocycles. The molecule has 246 valence electrons. The Morgan fingerprint density at radius 1 is 0.588 bits per heavy atom. The van der Waals surface area contributed by atoms with Crippen molar-refractivity contribution in [3.8, 4) is 22.5 Å². The molecule has 0 N–H and O–H groups in total. The summed E-state index contributed by atoms with van der Waals surface area (Å²) in [5, 5.41) is 3.86. The average Bonchev–Trinajstić information content (AvgIpc) is 3.59. The zero-order valence-corrected chi connectivity index (χ0v) is 28.7. The first-order valence-corrected chi connectivity index (χ1v) is 18.6. The molecule has 4 unspecified atom stereocenters. The Kier molecular flexibility index (Phi) is 7.45. The van der Waals surface area contributed by atoms with Crippen LogP contribution in [-0.4, -0.2) is 0 Å². The van der Waals surface area contributed by atoms with E-state index >= 15 is 0 Å². The molecule has 3 aliphatic carbocycles. The highest BCUT2D eigenvalue weighted by molar-refractivity contribution is 5.93. The van der Waals surface area contributed by atoms with E-state index in [9.17, 15) is 0 Å². The summed E-state index contributed by atoms with van der Waals surface area (Å²) in [5.74, 6) is 2.78. The van der Waals surface area contributed by atoms with Crippen molar-refractivity contribution in [2.24, 2.45) is 5.92 Å². The first kappa shape index (κ1) is 30.2. The van der Waals surface area contributed by atoms with Gasteiger partial charge in [0.05, 0.1) is 0 Å². The molecule has 3 aliphatic rings. The van der Waals surface area contributed by atoms with Crippen LogP contribution in [0.1, 0.15) is 64.8 Å². The lowest BCUT2D eigenvalue weighted by Gasteiger charge is -2.31. The second-order valence-electron chi connectivity index (χ2n) is 14.8. The van der Waals surface area contributed by atoms with Gasteiger partial charge >= 0.3 is 0 Å². The fourth-order valence-corrected chi connectivity index (χ4v) is 9.17. The Morgan fingerprint density at radius 2 is 1.37 bits per heavy atom. The minimum Gasteiger partial charge on any atom is -0.456 e. The van der Waals surface area contributed by atoms with Crippen molar-refractivity contribution in [3.05, 3.63) is 198 Å². The lowest BCUT2D eigenvalue weighted by Crippen LogP contribution is -2.18. The first-order chi connectivity index (χ1) is 25.2. The van der Waals surface area contributed by atoms with Crippen molar-refractivity contribution in [2.75, 3.05) is 0 Å². The van der Waals surface area contributed by atoms with Gasteiger partial charge in [0.25, 0.3) is 0 Å². The third kappa shape index (κ3) is 5.49. The van der Waals surface area contributed by atoms with Crippen molar-refractivity contribution < 1.29 is 4.42 Å². The van der Waals surface area contributed by atoms with Gasteiger partial charge in [-0.25, -0.2) is 0 Å². The topological polar surface area (TPSA) is 13.1 Å². The molecule has 0 aliphatic heterocycles. The van der Waals surface area contributed by atoms with E-state index in [2.05, 4.69) is 170 Å². The molecule has 0 spiro atoms. The molecule has 1 heterocycles. The molecule has 0 bridgehead atoms. The smallest absolute Gasteiger partial charge is 0.138 e. The highest BCUT2D eigenvalue weighted by Crippen LogP contribution is 2.50. The summed E-state index contributed by atoms with van der Waals surface area (Å²) in [6.45, 7) is 0. The summed E-state index contributed by atoms with van der Waals surface area (Å²) < 4.78 is 6.70. The number of rotatable bonds is 5. The van der Waals surface area contributed by atoms with E-state index in [-0.39, 0.29) is 0 Å². The van der Waals surface area contributed by atoms with Gasteiger partial charge in [-0.15, -0.1) is 0 Å². The molecule has 4 atom stereocenters. The summed E-state index contributed by atoms with van der Waals surface area (Å²) >= 11 is 0. The van der Waals surface area contributed by atoms with Crippen LogP contribution < -0.4 is 0 Å².